The van der Waals surface area contributed by atoms with E-state index >= 15 is 0 Å². The smallest absolute Gasteiger partial charge is 0.103 e. The quantitative estimate of drug-likeness (QED) is 0.921. The summed E-state index contributed by atoms with van der Waals surface area (Å²) < 4.78 is 11.7. The molecule has 1 N–H and O–H groups in total. The van der Waals surface area contributed by atoms with Gasteiger partial charge in [-0.05, 0) is 64.2 Å². The first kappa shape index (κ1) is 16.5. The van der Waals surface area contributed by atoms with E-state index in [2.05, 4.69) is 46.8 Å². The molecule has 2 rings (SSSR count). The van der Waals surface area contributed by atoms with Crippen LogP contribution in [-0.2, 0) is 9.47 Å². The van der Waals surface area contributed by atoms with Crippen molar-refractivity contribution in [3.63, 3.8) is 0 Å². The van der Waals surface area contributed by atoms with Crippen molar-refractivity contribution in [2.45, 2.75) is 71.9 Å². The Labute approximate surface area is 128 Å². The zero-order chi connectivity index (χ0) is 15.6. The van der Waals surface area contributed by atoms with Gasteiger partial charge in [-0.1, -0.05) is 17.7 Å². The maximum Gasteiger partial charge on any atom is 0.103 e. The zero-order valence-electron chi connectivity index (χ0n) is 13.8. The van der Waals surface area contributed by atoms with Crippen LogP contribution in [0.1, 0.15) is 55.0 Å². The van der Waals surface area contributed by atoms with Crippen LogP contribution in [-0.4, -0.2) is 30.0 Å². The Bertz CT molecular complexity index is 450. The molecule has 0 amide bonds. The fourth-order valence-corrected chi connectivity index (χ4v) is 3.51. The summed E-state index contributed by atoms with van der Waals surface area (Å²) in [4.78, 5) is 0. The predicted molar refractivity (Wildman–Crippen MR) is 84.6 cm³/mol. The second-order valence-corrected chi connectivity index (χ2v) is 6.51. The van der Waals surface area contributed by atoms with Gasteiger partial charge in [0.1, 0.15) is 6.10 Å². The van der Waals surface area contributed by atoms with Crippen LogP contribution >= 0.6 is 0 Å². The molecule has 1 aromatic rings. The molecule has 0 radical (unpaired) electrons. The van der Waals surface area contributed by atoms with Crippen LogP contribution in [0.3, 0.4) is 0 Å². The van der Waals surface area contributed by atoms with E-state index < -0.39 is 6.10 Å². The number of hydrogen-bond donors (Lipinski definition) is 1. The van der Waals surface area contributed by atoms with Crippen molar-refractivity contribution < 1.29 is 14.6 Å². The molecule has 1 heterocycles. The highest BCUT2D eigenvalue weighted by Crippen LogP contribution is 2.26. The third-order valence-electron chi connectivity index (χ3n) is 4.22. The van der Waals surface area contributed by atoms with Gasteiger partial charge in [-0.3, -0.25) is 0 Å². The molecule has 1 fully saturated rings. The van der Waals surface area contributed by atoms with Crippen molar-refractivity contribution in [1.82, 2.24) is 0 Å². The number of aliphatic hydroxyl groups is 1. The van der Waals surface area contributed by atoms with E-state index in [1.807, 2.05) is 0 Å². The van der Waals surface area contributed by atoms with Crippen LogP contribution < -0.4 is 0 Å². The Morgan fingerprint density at radius 1 is 1.14 bits per heavy atom. The lowest BCUT2D eigenvalue weighted by Gasteiger charge is -2.32. The van der Waals surface area contributed by atoms with Gasteiger partial charge in [-0.15, -0.1) is 0 Å². The van der Waals surface area contributed by atoms with Crippen LogP contribution in [0.2, 0.25) is 0 Å². The molecule has 0 spiro atoms. The molecule has 21 heavy (non-hydrogen) atoms. The summed E-state index contributed by atoms with van der Waals surface area (Å²) in [5.74, 6) is 0. The van der Waals surface area contributed by atoms with E-state index in [1.54, 1.807) is 0 Å². The topological polar surface area (TPSA) is 38.7 Å². The van der Waals surface area contributed by atoms with E-state index in [4.69, 9.17) is 9.47 Å². The van der Waals surface area contributed by atoms with E-state index in [0.717, 1.165) is 29.5 Å². The van der Waals surface area contributed by atoms with Gasteiger partial charge in [0.25, 0.3) is 0 Å². The largest absolute Gasteiger partial charge is 0.386 e. The van der Waals surface area contributed by atoms with Crippen molar-refractivity contribution in [2.24, 2.45) is 0 Å². The van der Waals surface area contributed by atoms with Gasteiger partial charge >= 0.3 is 0 Å². The first-order chi connectivity index (χ1) is 9.86. The Morgan fingerprint density at radius 2 is 1.67 bits per heavy atom. The third kappa shape index (κ3) is 4.29. The molecule has 1 aromatic carbocycles. The Kier molecular flexibility index (Phi) is 5.42. The molecule has 1 saturated heterocycles. The fraction of sp³-hybridized carbons (Fsp3) is 0.667. The lowest BCUT2D eigenvalue weighted by atomic mass is 9.96. The molecule has 0 aromatic heterocycles. The second-order valence-electron chi connectivity index (χ2n) is 6.51. The number of aliphatic hydroxyl groups excluding tert-OH is 1. The number of hydrogen-bond acceptors (Lipinski definition) is 3. The Morgan fingerprint density at radius 3 is 2.19 bits per heavy atom. The number of ether oxygens (including phenoxy) is 2. The molecule has 3 heteroatoms. The lowest BCUT2D eigenvalue weighted by molar-refractivity contribution is -0.114. The average Bonchev–Trinajstić information content (AvgIpc) is 2.34. The maximum atomic E-state index is 10.5. The van der Waals surface area contributed by atoms with Gasteiger partial charge in [0.05, 0.1) is 24.9 Å². The van der Waals surface area contributed by atoms with Gasteiger partial charge in [-0.2, -0.15) is 0 Å². The normalized spacial score (nSPS) is 27.6. The molecular weight excluding hydrogens is 264 g/mol. The standard InChI is InChI=1S/C18H28O3/c1-11-6-12(2)18(13(3)7-11)17(19)10-20-16-8-14(4)21-15(5)9-16/h6-7,14-17,19H,8-10H2,1-5H3. The third-order valence-corrected chi connectivity index (χ3v) is 4.22. The highest BCUT2D eigenvalue weighted by atomic mass is 16.5. The van der Waals surface area contributed by atoms with Crippen molar-refractivity contribution in [3.05, 3.63) is 34.4 Å². The summed E-state index contributed by atoms with van der Waals surface area (Å²) in [6.45, 7) is 10.7. The summed E-state index contributed by atoms with van der Waals surface area (Å²) in [5.41, 5.74) is 4.51. The Balaban J connectivity index is 1.97. The molecule has 118 valence electrons. The van der Waals surface area contributed by atoms with E-state index in [9.17, 15) is 5.11 Å². The predicted octanol–water partition coefficient (Wildman–Crippen LogP) is 3.62. The van der Waals surface area contributed by atoms with Gasteiger partial charge in [0.2, 0.25) is 0 Å². The van der Waals surface area contributed by atoms with Gasteiger partial charge in [0, 0.05) is 0 Å². The summed E-state index contributed by atoms with van der Waals surface area (Å²) in [7, 11) is 0. The zero-order valence-corrected chi connectivity index (χ0v) is 13.8. The highest BCUT2D eigenvalue weighted by molar-refractivity contribution is 5.38. The number of benzene rings is 1. The molecule has 3 unspecified atom stereocenters. The van der Waals surface area contributed by atoms with E-state index in [1.165, 1.54) is 5.56 Å². The van der Waals surface area contributed by atoms with Gasteiger partial charge < -0.3 is 14.6 Å². The molecule has 3 atom stereocenters. The molecule has 3 nitrogen and oxygen atoms in total. The van der Waals surface area contributed by atoms with Crippen LogP contribution in [0.25, 0.3) is 0 Å². The number of aryl methyl sites for hydroxylation is 3. The van der Waals surface area contributed by atoms with E-state index in [-0.39, 0.29) is 18.3 Å². The van der Waals surface area contributed by atoms with Crippen LogP contribution in [0.4, 0.5) is 0 Å². The summed E-state index contributed by atoms with van der Waals surface area (Å²) in [5, 5.41) is 10.5. The molecule has 1 aliphatic heterocycles. The van der Waals surface area contributed by atoms with Crippen molar-refractivity contribution in [2.75, 3.05) is 6.61 Å². The maximum absolute atomic E-state index is 10.5. The summed E-state index contributed by atoms with van der Waals surface area (Å²) >= 11 is 0. The van der Waals surface area contributed by atoms with E-state index in [0.29, 0.717) is 6.61 Å². The monoisotopic (exact) mass is 292 g/mol. The minimum Gasteiger partial charge on any atom is -0.386 e. The molecule has 0 aliphatic carbocycles. The molecule has 0 saturated carbocycles. The summed E-state index contributed by atoms with van der Waals surface area (Å²) in [6, 6.07) is 4.23. The SMILES string of the molecule is Cc1cc(C)c(C(O)COC2CC(C)OC(C)C2)c(C)c1. The minimum atomic E-state index is -0.556. The van der Waals surface area contributed by atoms with Crippen molar-refractivity contribution in [3.8, 4) is 0 Å². The van der Waals surface area contributed by atoms with Crippen molar-refractivity contribution in [1.29, 1.82) is 0 Å². The molecule has 0 bridgehead atoms. The molecule has 1 aliphatic rings. The lowest BCUT2D eigenvalue weighted by Crippen LogP contribution is -2.34. The van der Waals surface area contributed by atoms with Crippen LogP contribution in [0.15, 0.2) is 12.1 Å². The first-order valence-corrected chi connectivity index (χ1v) is 7.89. The van der Waals surface area contributed by atoms with Crippen LogP contribution in [0.5, 0.6) is 0 Å². The second kappa shape index (κ2) is 6.91. The Hall–Kier alpha value is -0.900. The minimum absolute atomic E-state index is 0.185. The summed E-state index contributed by atoms with van der Waals surface area (Å²) in [6.07, 6.45) is 1.91. The van der Waals surface area contributed by atoms with Gasteiger partial charge in [-0.25, -0.2) is 0 Å². The fourth-order valence-electron chi connectivity index (χ4n) is 3.51. The van der Waals surface area contributed by atoms with Crippen molar-refractivity contribution >= 4 is 0 Å². The van der Waals surface area contributed by atoms with Gasteiger partial charge in [0.15, 0.2) is 0 Å². The average molecular weight is 292 g/mol. The number of rotatable bonds is 4. The highest BCUT2D eigenvalue weighted by Gasteiger charge is 2.26. The molecular formula is C18H28O3. The first-order valence-electron chi connectivity index (χ1n) is 7.89. The van der Waals surface area contributed by atoms with Crippen LogP contribution in [0, 0.1) is 20.8 Å².